The Kier molecular flexibility index (Phi) is 4.40. The lowest BCUT2D eigenvalue weighted by molar-refractivity contribution is 0.102. The number of amides is 1. The van der Waals surface area contributed by atoms with Gasteiger partial charge in [0.25, 0.3) is 5.91 Å². The maximum absolute atomic E-state index is 12.8. The summed E-state index contributed by atoms with van der Waals surface area (Å²) < 4.78 is 5.52. The second-order valence-corrected chi connectivity index (χ2v) is 7.02. The van der Waals surface area contributed by atoms with Crippen molar-refractivity contribution in [2.75, 3.05) is 23.3 Å². The summed E-state index contributed by atoms with van der Waals surface area (Å²) in [5.74, 6) is 1.74. The molecule has 7 nitrogen and oxygen atoms in total. The fraction of sp³-hybridized carbons (Fsp3) is 0.182. The average Bonchev–Trinajstić information content (AvgIpc) is 3.44. The molecule has 144 valence electrons. The standard InChI is InChI=1S/C22H19N5O2/c28-22(25-19-13-20(24-14-23-19)27-10-4-5-11-27)16-8-9-18-17(12-16)21(29-26-18)15-6-2-1-3-7-15/h1-3,6-9,12-14H,4-5,10-11H2,(H,23,24,25,28). The molecule has 0 bridgehead atoms. The van der Waals surface area contributed by atoms with Gasteiger partial charge in [-0.2, -0.15) is 0 Å². The Hall–Kier alpha value is -3.74. The van der Waals surface area contributed by atoms with Crippen molar-refractivity contribution in [2.24, 2.45) is 0 Å². The molecule has 29 heavy (non-hydrogen) atoms. The van der Waals surface area contributed by atoms with Gasteiger partial charge in [-0.1, -0.05) is 35.5 Å². The van der Waals surface area contributed by atoms with E-state index in [9.17, 15) is 4.79 Å². The minimum atomic E-state index is -0.238. The van der Waals surface area contributed by atoms with Crippen molar-refractivity contribution in [1.29, 1.82) is 0 Å². The van der Waals surface area contributed by atoms with Gasteiger partial charge in [0.05, 0.1) is 5.39 Å². The number of anilines is 2. The highest BCUT2D eigenvalue weighted by molar-refractivity contribution is 6.07. The van der Waals surface area contributed by atoms with E-state index in [1.807, 2.05) is 36.4 Å². The second-order valence-electron chi connectivity index (χ2n) is 7.02. The number of aromatic nitrogens is 3. The van der Waals surface area contributed by atoms with E-state index >= 15 is 0 Å². The zero-order valence-corrected chi connectivity index (χ0v) is 15.7. The normalized spacial score (nSPS) is 13.7. The third kappa shape index (κ3) is 3.42. The lowest BCUT2D eigenvalue weighted by Crippen LogP contribution is -2.20. The first kappa shape index (κ1) is 17.4. The van der Waals surface area contributed by atoms with E-state index in [1.54, 1.807) is 18.2 Å². The highest BCUT2D eigenvalue weighted by Gasteiger charge is 2.17. The smallest absolute Gasteiger partial charge is 0.256 e. The largest absolute Gasteiger partial charge is 0.356 e. The molecular formula is C22H19N5O2. The number of nitrogens with one attached hydrogen (secondary N) is 1. The molecule has 1 amide bonds. The van der Waals surface area contributed by atoms with Gasteiger partial charge in [0.2, 0.25) is 0 Å². The third-order valence-corrected chi connectivity index (χ3v) is 5.10. The second kappa shape index (κ2) is 7.35. The molecule has 1 N–H and O–H groups in total. The summed E-state index contributed by atoms with van der Waals surface area (Å²) in [6.07, 6.45) is 3.81. The van der Waals surface area contributed by atoms with Gasteiger partial charge in [-0.3, -0.25) is 4.79 Å². The quantitative estimate of drug-likeness (QED) is 0.568. The van der Waals surface area contributed by atoms with Crippen LogP contribution in [0.4, 0.5) is 11.6 Å². The predicted molar refractivity (Wildman–Crippen MR) is 111 cm³/mol. The van der Waals surface area contributed by atoms with E-state index < -0.39 is 0 Å². The Morgan fingerprint density at radius 3 is 2.66 bits per heavy atom. The molecule has 7 heteroatoms. The molecule has 0 aliphatic carbocycles. The molecule has 1 saturated heterocycles. The Balaban J connectivity index is 1.42. The summed E-state index contributed by atoms with van der Waals surface area (Å²) in [6.45, 7) is 1.97. The lowest BCUT2D eigenvalue weighted by Gasteiger charge is -2.16. The van der Waals surface area contributed by atoms with Crippen LogP contribution in [0.25, 0.3) is 22.2 Å². The SMILES string of the molecule is O=C(Nc1cc(N2CCCC2)ncn1)c1ccc2noc(-c3ccccc3)c2c1. The van der Waals surface area contributed by atoms with E-state index in [1.165, 1.54) is 6.33 Å². The number of fused-ring (bicyclic) bond motifs is 1. The number of hydrogen-bond acceptors (Lipinski definition) is 6. The minimum Gasteiger partial charge on any atom is -0.356 e. The predicted octanol–water partition coefficient (Wildman–Crippen LogP) is 4.14. The van der Waals surface area contributed by atoms with Gasteiger partial charge in [0.1, 0.15) is 23.5 Å². The Labute approximate surface area is 167 Å². The van der Waals surface area contributed by atoms with Gasteiger partial charge in [0, 0.05) is 30.3 Å². The van der Waals surface area contributed by atoms with Crippen LogP contribution in [0, 0.1) is 0 Å². The van der Waals surface area contributed by atoms with Crippen molar-refractivity contribution in [1.82, 2.24) is 15.1 Å². The molecule has 0 atom stereocenters. The van der Waals surface area contributed by atoms with Crippen LogP contribution in [-0.4, -0.2) is 34.1 Å². The zero-order chi connectivity index (χ0) is 19.6. The van der Waals surface area contributed by atoms with Crippen molar-refractivity contribution in [2.45, 2.75) is 12.8 Å². The van der Waals surface area contributed by atoms with E-state index in [4.69, 9.17) is 4.52 Å². The molecule has 1 aliphatic heterocycles. The Morgan fingerprint density at radius 1 is 1.00 bits per heavy atom. The summed E-state index contributed by atoms with van der Waals surface area (Å²) in [5, 5.41) is 7.77. The summed E-state index contributed by atoms with van der Waals surface area (Å²) in [7, 11) is 0. The maximum Gasteiger partial charge on any atom is 0.256 e. The lowest BCUT2D eigenvalue weighted by atomic mass is 10.1. The fourth-order valence-corrected chi connectivity index (χ4v) is 3.60. The molecule has 0 spiro atoms. The molecule has 0 radical (unpaired) electrons. The number of carbonyl (C=O) groups is 1. The molecule has 4 aromatic rings. The molecule has 3 heterocycles. The molecular weight excluding hydrogens is 366 g/mol. The minimum absolute atomic E-state index is 0.238. The first-order valence-corrected chi connectivity index (χ1v) is 9.61. The maximum atomic E-state index is 12.8. The van der Waals surface area contributed by atoms with E-state index in [-0.39, 0.29) is 5.91 Å². The molecule has 0 unspecified atom stereocenters. The van der Waals surface area contributed by atoms with Crippen molar-refractivity contribution >= 4 is 28.4 Å². The van der Waals surface area contributed by atoms with Gasteiger partial charge in [-0.25, -0.2) is 9.97 Å². The summed E-state index contributed by atoms with van der Waals surface area (Å²) >= 11 is 0. The molecule has 2 aromatic carbocycles. The van der Waals surface area contributed by atoms with E-state index in [2.05, 4.69) is 25.3 Å². The van der Waals surface area contributed by atoms with E-state index in [0.29, 0.717) is 22.7 Å². The molecule has 1 aliphatic rings. The third-order valence-electron chi connectivity index (χ3n) is 5.10. The van der Waals surface area contributed by atoms with Crippen LogP contribution in [0.3, 0.4) is 0 Å². The monoisotopic (exact) mass is 385 g/mol. The first-order chi connectivity index (χ1) is 14.3. The molecule has 5 rings (SSSR count). The van der Waals surface area contributed by atoms with Gasteiger partial charge >= 0.3 is 0 Å². The first-order valence-electron chi connectivity index (χ1n) is 9.61. The summed E-state index contributed by atoms with van der Waals surface area (Å²) in [4.78, 5) is 23.5. The fourth-order valence-electron chi connectivity index (χ4n) is 3.60. The van der Waals surface area contributed by atoms with Crippen LogP contribution in [-0.2, 0) is 0 Å². The number of nitrogens with zero attached hydrogens (tertiary/aromatic N) is 4. The van der Waals surface area contributed by atoms with E-state index in [0.717, 1.165) is 42.7 Å². The van der Waals surface area contributed by atoms with Crippen LogP contribution in [0.2, 0.25) is 0 Å². The van der Waals surface area contributed by atoms with Crippen LogP contribution in [0.1, 0.15) is 23.2 Å². The van der Waals surface area contributed by atoms with Crippen LogP contribution in [0.5, 0.6) is 0 Å². The Morgan fingerprint density at radius 2 is 1.83 bits per heavy atom. The van der Waals surface area contributed by atoms with Crippen LogP contribution in [0.15, 0.2) is 65.4 Å². The van der Waals surface area contributed by atoms with Gasteiger partial charge in [-0.15, -0.1) is 0 Å². The number of hydrogen-bond donors (Lipinski definition) is 1. The topological polar surface area (TPSA) is 84.2 Å². The van der Waals surface area contributed by atoms with Crippen molar-refractivity contribution < 1.29 is 9.32 Å². The average molecular weight is 385 g/mol. The van der Waals surface area contributed by atoms with Crippen molar-refractivity contribution in [3.63, 3.8) is 0 Å². The molecule has 2 aromatic heterocycles. The van der Waals surface area contributed by atoms with Crippen LogP contribution < -0.4 is 10.2 Å². The van der Waals surface area contributed by atoms with Gasteiger partial charge in [0.15, 0.2) is 5.76 Å². The Bertz CT molecular complexity index is 1170. The molecule has 1 fully saturated rings. The number of benzene rings is 2. The summed E-state index contributed by atoms with van der Waals surface area (Å²) in [5.41, 5.74) is 2.14. The zero-order valence-electron chi connectivity index (χ0n) is 15.7. The van der Waals surface area contributed by atoms with Gasteiger partial charge < -0.3 is 14.7 Å². The summed E-state index contributed by atoms with van der Waals surface area (Å²) in [6, 6.07) is 16.9. The molecule has 0 saturated carbocycles. The highest BCUT2D eigenvalue weighted by Crippen LogP contribution is 2.29. The highest BCUT2D eigenvalue weighted by atomic mass is 16.5. The number of rotatable bonds is 4. The van der Waals surface area contributed by atoms with Gasteiger partial charge in [-0.05, 0) is 31.0 Å². The van der Waals surface area contributed by atoms with Crippen molar-refractivity contribution in [3.8, 4) is 11.3 Å². The van der Waals surface area contributed by atoms with Crippen molar-refractivity contribution in [3.05, 3.63) is 66.5 Å². The van der Waals surface area contributed by atoms with Crippen LogP contribution >= 0.6 is 0 Å². The number of carbonyl (C=O) groups excluding carboxylic acids is 1.